The Bertz CT molecular complexity index is 1190. The maximum atomic E-state index is 13.6. The lowest BCUT2D eigenvalue weighted by molar-refractivity contribution is -0.384. The molecule has 1 saturated heterocycles. The first-order chi connectivity index (χ1) is 15.5. The van der Waals surface area contributed by atoms with Crippen molar-refractivity contribution in [2.75, 3.05) is 19.1 Å². The third-order valence-electron chi connectivity index (χ3n) is 6.00. The number of ether oxygens (including phenoxy) is 3. The van der Waals surface area contributed by atoms with E-state index in [0.717, 1.165) is 11.3 Å². The second-order valence-electron chi connectivity index (χ2n) is 7.70. The molecule has 2 aliphatic heterocycles. The molecule has 8 heteroatoms. The zero-order valence-corrected chi connectivity index (χ0v) is 17.4. The summed E-state index contributed by atoms with van der Waals surface area (Å²) < 4.78 is 18.0. The van der Waals surface area contributed by atoms with Crippen LogP contribution in [0, 0.1) is 10.1 Å². The second kappa shape index (κ2) is 7.44. The van der Waals surface area contributed by atoms with Gasteiger partial charge in [0.2, 0.25) is 5.60 Å². The number of carbonyl (C=O) groups is 1. The van der Waals surface area contributed by atoms with Crippen LogP contribution in [0.15, 0.2) is 72.8 Å². The number of methoxy groups -OCH3 is 1. The van der Waals surface area contributed by atoms with Crippen molar-refractivity contribution >= 4 is 17.3 Å². The van der Waals surface area contributed by atoms with Crippen LogP contribution in [0.1, 0.15) is 29.1 Å². The van der Waals surface area contributed by atoms with E-state index in [1.165, 1.54) is 12.1 Å². The Hall–Kier alpha value is -3.75. The highest BCUT2D eigenvalue weighted by molar-refractivity contribution is 6.07. The third kappa shape index (κ3) is 2.88. The molecule has 3 aromatic carbocycles. The molecule has 162 valence electrons. The number of hydrogen-bond donors (Lipinski definition) is 0. The molecule has 0 aliphatic carbocycles. The average Bonchev–Trinajstić information content (AvgIpc) is 3.33. The third-order valence-corrected chi connectivity index (χ3v) is 6.00. The van der Waals surface area contributed by atoms with Crippen LogP contribution in [-0.4, -0.2) is 25.0 Å². The molecule has 1 amide bonds. The van der Waals surface area contributed by atoms with Crippen molar-refractivity contribution < 1.29 is 23.9 Å². The van der Waals surface area contributed by atoms with Crippen molar-refractivity contribution in [3.63, 3.8) is 0 Å². The summed E-state index contributed by atoms with van der Waals surface area (Å²) in [6.07, 6.45) is -1.61. The van der Waals surface area contributed by atoms with E-state index in [-0.39, 0.29) is 11.6 Å². The Morgan fingerprint density at radius 1 is 1.00 bits per heavy atom. The van der Waals surface area contributed by atoms with E-state index >= 15 is 0 Å². The summed E-state index contributed by atoms with van der Waals surface area (Å²) in [6.45, 7) is 0. The average molecular weight is 432 g/mol. The highest BCUT2D eigenvalue weighted by Gasteiger charge is 2.63. The van der Waals surface area contributed by atoms with E-state index in [9.17, 15) is 14.9 Å². The summed E-state index contributed by atoms with van der Waals surface area (Å²) in [5.41, 5.74) is 1.34. The monoisotopic (exact) mass is 432 g/mol. The molecule has 0 aromatic heterocycles. The van der Waals surface area contributed by atoms with E-state index in [2.05, 4.69) is 0 Å². The molecule has 3 aromatic rings. The van der Waals surface area contributed by atoms with Gasteiger partial charge in [-0.15, -0.1) is 0 Å². The van der Waals surface area contributed by atoms with Gasteiger partial charge in [0.15, 0.2) is 6.29 Å². The zero-order chi connectivity index (χ0) is 22.5. The van der Waals surface area contributed by atoms with Crippen LogP contribution in [0.25, 0.3) is 0 Å². The number of carbonyl (C=O) groups excluding carboxylic acids is 1. The Morgan fingerprint density at radius 3 is 2.31 bits per heavy atom. The van der Waals surface area contributed by atoms with E-state index in [4.69, 9.17) is 14.2 Å². The number of fused-ring (bicyclic) bond motifs is 2. The number of rotatable bonds is 4. The van der Waals surface area contributed by atoms with Gasteiger partial charge in [0.25, 0.3) is 11.6 Å². The number of nitro groups is 1. The molecule has 3 atom stereocenters. The van der Waals surface area contributed by atoms with Crippen molar-refractivity contribution in [2.24, 2.45) is 0 Å². The van der Waals surface area contributed by atoms with Crippen molar-refractivity contribution in [3.05, 3.63) is 99.6 Å². The first-order valence-corrected chi connectivity index (χ1v) is 10.0. The molecule has 0 saturated carbocycles. The van der Waals surface area contributed by atoms with E-state index < -0.39 is 22.9 Å². The largest absolute Gasteiger partial charge is 0.497 e. The first kappa shape index (κ1) is 20.2. The molecule has 0 bridgehead atoms. The Kier molecular flexibility index (Phi) is 4.69. The van der Waals surface area contributed by atoms with Gasteiger partial charge < -0.3 is 19.1 Å². The number of anilines is 1. The highest BCUT2D eigenvalue weighted by atomic mass is 16.7. The van der Waals surface area contributed by atoms with Crippen molar-refractivity contribution in [2.45, 2.75) is 18.0 Å². The molecule has 0 unspecified atom stereocenters. The van der Waals surface area contributed by atoms with Crippen LogP contribution in [0.4, 0.5) is 11.4 Å². The summed E-state index contributed by atoms with van der Waals surface area (Å²) >= 11 is 0. The minimum absolute atomic E-state index is 0.0383. The summed E-state index contributed by atoms with van der Waals surface area (Å²) in [5, 5.41) is 11.1. The number of nitrogens with zero attached hydrogens (tertiary/aromatic N) is 2. The van der Waals surface area contributed by atoms with Crippen molar-refractivity contribution in [1.29, 1.82) is 0 Å². The predicted octanol–water partition coefficient (Wildman–Crippen LogP) is 4.26. The summed E-state index contributed by atoms with van der Waals surface area (Å²) in [4.78, 5) is 25.8. The normalized spacial score (nSPS) is 24.1. The van der Waals surface area contributed by atoms with Gasteiger partial charge in [0.05, 0.1) is 17.7 Å². The number of nitro benzene ring substituents is 1. The molecule has 8 nitrogen and oxygen atoms in total. The number of likely N-dealkylation sites (N-methyl/N-ethyl adjacent to an activating group) is 1. The molecule has 0 radical (unpaired) electrons. The lowest BCUT2D eigenvalue weighted by Gasteiger charge is -2.27. The molecule has 1 fully saturated rings. The van der Waals surface area contributed by atoms with Gasteiger partial charge in [0, 0.05) is 30.3 Å². The van der Waals surface area contributed by atoms with Crippen molar-refractivity contribution in [1.82, 2.24) is 0 Å². The van der Waals surface area contributed by atoms with Crippen LogP contribution in [0.2, 0.25) is 0 Å². The molecule has 0 N–H and O–H groups in total. The van der Waals surface area contributed by atoms with Gasteiger partial charge in [-0.2, -0.15) is 0 Å². The maximum absolute atomic E-state index is 13.6. The number of benzene rings is 3. The Morgan fingerprint density at radius 2 is 1.66 bits per heavy atom. The van der Waals surface area contributed by atoms with Crippen LogP contribution in [0.5, 0.6) is 5.75 Å². The van der Waals surface area contributed by atoms with E-state index in [1.54, 1.807) is 43.3 Å². The molecule has 1 spiro atoms. The standard InChI is InChI=1S/C24H20N2O6/c1-25-20-6-4-3-5-19(20)24(23(25)27)21(15-7-11-17(12-8-15)26(28)29)31-22(32-24)16-9-13-18(30-2)14-10-16/h3-14,21-22H,1-2H3/t21-,22+,24-/m1/s1. The lowest BCUT2D eigenvalue weighted by atomic mass is 9.85. The SMILES string of the molecule is COc1ccc([C@H]2O[C@H](c3ccc([N+](=O)[O-])cc3)[C@@]3(O2)C(=O)N(C)c2ccccc23)cc1. The highest BCUT2D eigenvalue weighted by Crippen LogP contribution is 2.58. The van der Waals surface area contributed by atoms with Crippen LogP contribution < -0.4 is 9.64 Å². The van der Waals surface area contributed by atoms with Gasteiger partial charge in [-0.3, -0.25) is 14.9 Å². The van der Waals surface area contributed by atoms with Crippen LogP contribution in [0.3, 0.4) is 0 Å². The number of amides is 1. The van der Waals surface area contributed by atoms with Gasteiger partial charge in [0.1, 0.15) is 11.9 Å². The molecule has 2 heterocycles. The smallest absolute Gasteiger partial charge is 0.269 e. The fourth-order valence-electron chi connectivity index (χ4n) is 4.39. The first-order valence-electron chi connectivity index (χ1n) is 10.0. The molecular formula is C24H20N2O6. The summed E-state index contributed by atoms with van der Waals surface area (Å²) in [6, 6.07) is 20.7. The molecule has 2 aliphatic rings. The Labute approximate surface area is 184 Å². The van der Waals surface area contributed by atoms with Gasteiger partial charge in [-0.1, -0.05) is 30.3 Å². The zero-order valence-electron chi connectivity index (χ0n) is 17.4. The summed E-state index contributed by atoms with van der Waals surface area (Å²) in [5.74, 6) is 0.438. The number of hydrogen-bond acceptors (Lipinski definition) is 6. The van der Waals surface area contributed by atoms with Gasteiger partial charge >= 0.3 is 0 Å². The fourth-order valence-corrected chi connectivity index (χ4v) is 4.39. The van der Waals surface area contributed by atoms with E-state index in [1.807, 2.05) is 36.4 Å². The molecule has 32 heavy (non-hydrogen) atoms. The quantitative estimate of drug-likeness (QED) is 0.452. The van der Waals surface area contributed by atoms with Crippen molar-refractivity contribution in [3.8, 4) is 5.75 Å². The number of para-hydroxylation sites is 1. The fraction of sp³-hybridized carbons (Fsp3) is 0.208. The van der Waals surface area contributed by atoms with Gasteiger partial charge in [-0.05, 0) is 35.9 Å². The number of non-ortho nitro benzene ring substituents is 1. The Balaban J connectivity index is 1.63. The lowest BCUT2D eigenvalue weighted by Crippen LogP contribution is -2.42. The molecular weight excluding hydrogens is 412 g/mol. The van der Waals surface area contributed by atoms with Gasteiger partial charge in [-0.25, -0.2) is 0 Å². The van der Waals surface area contributed by atoms with Crippen LogP contribution in [-0.2, 0) is 19.9 Å². The van der Waals surface area contributed by atoms with E-state index in [0.29, 0.717) is 16.9 Å². The minimum atomic E-state index is -1.41. The predicted molar refractivity (Wildman–Crippen MR) is 115 cm³/mol. The summed E-state index contributed by atoms with van der Waals surface area (Å²) in [7, 11) is 3.29. The molecule has 5 rings (SSSR count). The van der Waals surface area contributed by atoms with Crippen LogP contribution >= 0.6 is 0 Å². The second-order valence-corrected chi connectivity index (χ2v) is 7.70. The maximum Gasteiger partial charge on any atom is 0.269 e. The topological polar surface area (TPSA) is 91.1 Å². The minimum Gasteiger partial charge on any atom is -0.497 e.